The highest BCUT2D eigenvalue weighted by Gasteiger charge is 2.13. The number of benzene rings is 1. The molecule has 0 saturated carbocycles. The number of thiophene rings is 1. The SMILES string of the molecule is Cc1cc(NC(=O)c2ccc(C(=O)O)s2)ccc1OC(C)C. The molecule has 0 atom stereocenters. The smallest absolute Gasteiger partial charge is 0.345 e. The molecule has 116 valence electrons. The number of anilines is 1. The first-order chi connectivity index (χ1) is 10.4. The lowest BCUT2D eigenvalue weighted by Gasteiger charge is -2.13. The average Bonchev–Trinajstić information content (AvgIpc) is 2.91. The second kappa shape index (κ2) is 6.62. The molecule has 1 aromatic heterocycles. The third-order valence-electron chi connectivity index (χ3n) is 2.84. The van der Waals surface area contributed by atoms with Gasteiger partial charge in [-0.2, -0.15) is 0 Å². The Bertz CT molecular complexity index is 706. The number of carboxylic acids is 1. The van der Waals surface area contributed by atoms with Crippen LogP contribution in [0.5, 0.6) is 5.75 Å². The summed E-state index contributed by atoms with van der Waals surface area (Å²) < 4.78 is 5.64. The summed E-state index contributed by atoms with van der Waals surface area (Å²) in [5.74, 6) is -0.582. The van der Waals surface area contributed by atoms with Crippen molar-refractivity contribution in [2.75, 3.05) is 5.32 Å². The van der Waals surface area contributed by atoms with Crippen LogP contribution >= 0.6 is 11.3 Å². The summed E-state index contributed by atoms with van der Waals surface area (Å²) in [6.07, 6.45) is 0.0831. The molecule has 6 heteroatoms. The number of carbonyl (C=O) groups excluding carboxylic acids is 1. The Morgan fingerprint density at radius 1 is 1.18 bits per heavy atom. The Morgan fingerprint density at radius 2 is 1.86 bits per heavy atom. The second-order valence-electron chi connectivity index (χ2n) is 5.07. The van der Waals surface area contributed by atoms with Gasteiger partial charge in [-0.15, -0.1) is 11.3 Å². The van der Waals surface area contributed by atoms with Gasteiger partial charge in [0.25, 0.3) is 5.91 Å². The Morgan fingerprint density at radius 3 is 2.41 bits per heavy atom. The maximum atomic E-state index is 12.1. The minimum atomic E-state index is -1.03. The molecular formula is C16H17NO4S. The molecule has 5 nitrogen and oxygen atoms in total. The summed E-state index contributed by atoms with van der Waals surface area (Å²) in [5.41, 5.74) is 1.56. The van der Waals surface area contributed by atoms with E-state index in [0.29, 0.717) is 10.6 Å². The first-order valence-electron chi connectivity index (χ1n) is 6.78. The van der Waals surface area contributed by atoms with Crippen LogP contribution in [0.3, 0.4) is 0 Å². The van der Waals surface area contributed by atoms with Crippen LogP contribution in [0.25, 0.3) is 0 Å². The topological polar surface area (TPSA) is 75.6 Å². The van der Waals surface area contributed by atoms with E-state index in [1.54, 1.807) is 6.07 Å². The highest BCUT2D eigenvalue weighted by atomic mass is 32.1. The molecule has 1 aromatic carbocycles. The lowest BCUT2D eigenvalue weighted by molar-refractivity contribution is 0.0702. The Balaban J connectivity index is 2.11. The quantitative estimate of drug-likeness (QED) is 0.879. The summed E-state index contributed by atoms with van der Waals surface area (Å²) in [6, 6.07) is 8.32. The lowest BCUT2D eigenvalue weighted by atomic mass is 10.2. The molecule has 0 fully saturated rings. The van der Waals surface area contributed by atoms with E-state index < -0.39 is 5.97 Å². The molecule has 0 unspecified atom stereocenters. The van der Waals surface area contributed by atoms with Gasteiger partial charge in [0.1, 0.15) is 10.6 Å². The van der Waals surface area contributed by atoms with Crippen molar-refractivity contribution in [1.29, 1.82) is 0 Å². The van der Waals surface area contributed by atoms with Gasteiger partial charge >= 0.3 is 5.97 Å². The number of amides is 1. The van der Waals surface area contributed by atoms with Crippen LogP contribution in [0.4, 0.5) is 5.69 Å². The summed E-state index contributed by atoms with van der Waals surface area (Å²) in [4.78, 5) is 23.4. The molecule has 0 saturated heterocycles. The molecule has 2 rings (SSSR count). The fraction of sp³-hybridized carbons (Fsp3) is 0.250. The molecule has 0 aliphatic rings. The first-order valence-corrected chi connectivity index (χ1v) is 7.60. The van der Waals surface area contributed by atoms with Crippen LogP contribution in [0.15, 0.2) is 30.3 Å². The molecule has 22 heavy (non-hydrogen) atoms. The van der Waals surface area contributed by atoms with Gasteiger partial charge < -0.3 is 15.2 Å². The van der Waals surface area contributed by atoms with E-state index in [4.69, 9.17) is 9.84 Å². The summed E-state index contributed by atoms with van der Waals surface area (Å²) in [6.45, 7) is 5.80. The normalized spacial score (nSPS) is 10.5. The van der Waals surface area contributed by atoms with Crippen LogP contribution in [0.2, 0.25) is 0 Å². The molecule has 0 spiro atoms. The molecule has 2 aromatic rings. The maximum Gasteiger partial charge on any atom is 0.345 e. The van der Waals surface area contributed by atoms with Gasteiger partial charge in [-0.1, -0.05) is 0 Å². The van der Waals surface area contributed by atoms with Gasteiger partial charge in [-0.3, -0.25) is 4.79 Å². The minimum absolute atomic E-state index is 0.0831. The van der Waals surface area contributed by atoms with Crippen molar-refractivity contribution in [3.05, 3.63) is 45.6 Å². The average molecular weight is 319 g/mol. The summed E-state index contributed by atoms with van der Waals surface area (Å²) in [5, 5.41) is 11.6. The highest BCUT2D eigenvalue weighted by Crippen LogP contribution is 2.24. The fourth-order valence-corrected chi connectivity index (χ4v) is 2.62. The number of carbonyl (C=O) groups is 2. The Labute approximate surface area is 132 Å². The van der Waals surface area contributed by atoms with Gasteiger partial charge in [0, 0.05) is 5.69 Å². The van der Waals surface area contributed by atoms with E-state index in [9.17, 15) is 9.59 Å². The number of aryl methyl sites for hydroxylation is 1. The number of rotatable bonds is 5. The number of ether oxygens (including phenoxy) is 1. The van der Waals surface area contributed by atoms with Crippen molar-refractivity contribution in [2.24, 2.45) is 0 Å². The zero-order valence-electron chi connectivity index (χ0n) is 12.5. The Hall–Kier alpha value is -2.34. The van der Waals surface area contributed by atoms with Crippen molar-refractivity contribution in [3.8, 4) is 5.75 Å². The first kappa shape index (κ1) is 16.0. The molecular weight excluding hydrogens is 302 g/mol. The van der Waals surface area contributed by atoms with Crippen LogP contribution < -0.4 is 10.1 Å². The van der Waals surface area contributed by atoms with E-state index in [1.807, 2.05) is 32.9 Å². The van der Waals surface area contributed by atoms with Gasteiger partial charge in [-0.05, 0) is 56.7 Å². The number of hydrogen-bond donors (Lipinski definition) is 2. The second-order valence-corrected chi connectivity index (χ2v) is 6.15. The number of hydrogen-bond acceptors (Lipinski definition) is 4. The van der Waals surface area contributed by atoms with Crippen LogP contribution in [0.1, 0.15) is 38.8 Å². The van der Waals surface area contributed by atoms with Gasteiger partial charge in [-0.25, -0.2) is 4.79 Å². The molecule has 1 heterocycles. The molecule has 0 aliphatic heterocycles. The van der Waals surface area contributed by atoms with Gasteiger partial charge in [0.05, 0.1) is 11.0 Å². The standard InChI is InChI=1S/C16H17NO4S/c1-9(2)21-12-5-4-11(8-10(12)3)17-15(18)13-6-7-14(22-13)16(19)20/h4-9H,1-3H3,(H,17,18)(H,19,20). The van der Waals surface area contributed by atoms with E-state index in [2.05, 4.69) is 5.32 Å². The Kier molecular flexibility index (Phi) is 4.82. The number of carboxylic acid groups (broad SMARTS) is 1. The van der Waals surface area contributed by atoms with E-state index in [0.717, 1.165) is 22.6 Å². The molecule has 1 amide bonds. The minimum Gasteiger partial charge on any atom is -0.491 e. The third kappa shape index (κ3) is 3.85. The molecule has 0 radical (unpaired) electrons. The van der Waals surface area contributed by atoms with E-state index >= 15 is 0 Å². The highest BCUT2D eigenvalue weighted by molar-refractivity contribution is 7.15. The number of nitrogens with one attached hydrogen (secondary N) is 1. The monoisotopic (exact) mass is 319 g/mol. The summed E-state index contributed by atoms with van der Waals surface area (Å²) in [7, 11) is 0. The van der Waals surface area contributed by atoms with E-state index in [1.165, 1.54) is 12.1 Å². The van der Waals surface area contributed by atoms with E-state index in [-0.39, 0.29) is 16.9 Å². The van der Waals surface area contributed by atoms with Gasteiger partial charge in [0.2, 0.25) is 0 Å². The fourth-order valence-electron chi connectivity index (χ4n) is 1.88. The maximum absolute atomic E-state index is 12.1. The third-order valence-corrected chi connectivity index (χ3v) is 3.91. The van der Waals surface area contributed by atoms with Crippen LogP contribution in [-0.4, -0.2) is 23.1 Å². The zero-order chi connectivity index (χ0) is 16.3. The predicted octanol–water partition coefficient (Wildman–Crippen LogP) is 3.79. The molecule has 0 aliphatic carbocycles. The predicted molar refractivity (Wildman–Crippen MR) is 86.2 cm³/mol. The number of aromatic carboxylic acids is 1. The molecule has 0 bridgehead atoms. The van der Waals surface area contributed by atoms with Gasteiger partial charge in [0.15, 0.2) is 0 Å². The van der Waals surface area contributed by atoms with Crippen molar-refractivity contribution in [1.82, 2.24) is 0 Å². The summed E-state index contributed by atoms with van der Waals surface area (Å²) >= 11 is 0.948. The van der Waals surface area contributed by atoms with Crippen molar-refractivity contribution in [2.45, 2.75) is 26.9 Å². The van der Waals surface area contributed by atoms with Crippen molar-refractivity contribution in [3.63, 3.8) is 0 Å². The van der Waals surface area contributed by atoms with Crippen molar-refractivity contribution >= 4 is 28.9 Å². The molecule has 2 N–H and O–H groups in total. The van der Waals surface area contributed by atoms with Crippen LogP contribution in [0, 0.1) is 6.92 Å². The van der Waals surface area contributed by atoms with Crippen LogP contribution in [-0.2, 0) is 0 Å². The van der Waals surface area contributed by atoms with Crippen molar-refractivity contribution < 1.29 is 19.4 Å². The lowest BCUT2D eigenvalue weighted by Crippen LogP contribution is -2.11. The zero-order valence-corrected chi connectivity index (χ0v) is 13.4. The largest absolute Gasteiger partial charge is 0.491 e.